The molecule has 0 unspecified atom stereocenters. The Labute approximate surface area is 120 Å². The first-order valence-electron chi connectivity index (χ1n) is 6.48. The summed E-state index contributed by atoms with van der Waals surface area (Å²) in [5.74, 6) is 11.2. The van der Waals surface area contributed by atoms with E-state index in [1.54, 1.807) is 25.7 Å². The molecule has 1 atom stereocenters. The zero-order valence-electron chi connectivity index (χ0n) is 12.1. The lowest BCUT2D eigenvalue weighted by molar-refractivity contribution is 0.0909. The van der Waals surface area contributed by atoms with Crippen molar-refractivity contribution in [2.24, 2.45) is 0 Å². The summed E-state index contributed by atoms with van der Waals surface area (Å²) >= 11 is 0. The second-order valence-electron chi connectivity index (χ2n) is 4.19. The molecule has 0 saturated heterocycles. The molecule has 1 aromatic rings. The van der Waals surface area contributed by atoms with Gasteiger partial charge in [0, 0.05) is 6.54 Å². The van der Waals surface area contributed by atoms with Crippen LogP contribution in [0, 0.1) is 23.7 Å². The molecular formula is C17H19NO2. The van der Waals surface area contributed by atoms with E-state index >= 15 is 0 Å². The summed E-state index contributed by atoms with van der Waals surface area (Å²) in [4.78, 5) is 13.7. The van der Waals surface area contributed by atoms with Crippen LogP contribution in [0.4, 0.5) is 4.79 Å². The van der Waals surface area contributed by atoms with Gasteiger partial charge in [0.05, 0.1) is 6.54 Å². The van der Waals surface area contributed by atoms with E-state index in [4.69, 9.17) is 4.74 Å². The van der Waals surface area contributed by atoms with Crippen molar-refractivity contribution >= 4 is 6.09 Å². The van der Waals surface area contributed by atoms with Crippen LogP contribution in [0.25, 0.3) is 0 Å². The van der Waals surface area contributed by atoms with Gasteiger partial charge in [0.15, 0.2) is 6.10 Å². The van der Waals surface area contributed by atoms with Crippen molar-refractivity contribution in [2.45, 2.75) is 33.4 Å². The predicted molar refractivity (Wildman–Crippen MR) is 79.7 cm³/mol. The van der Waals surface area contributed by atoms with Crippen LogP contribution in [-0.4, -0.2) is 23.6 Å². The molecule has 3 heteroatoms. The molecule has 0 radical (unpaired) electrons. The maximum absolute atomic E-state index is 12.1. The highest BCUT2D eigenvalue weighted by molar-refractivity contribution is 5.68. The molecule has 0 aliphatic heterocycles. The maximum atomic E-state index is 12.1. The van der Waals surface area contributed by atoms with Crippen LogP contribution in [0.15, 0.2) is 30.3 Å². The number of hydrogen-bond donors (Lipinski definition) is 0. The zero-order chi connectivity index (χ0) is 14.8. The van der Waals surface area contributed by atoms with E-state index in [0.29, 0.717) is 13.1 Å². The van der Waals surface area contributed by atoms with Crippen LogP contribution < -0.4 is 0 Å². The minimum atomic E-state index is -0.416. The van der Waals surface area contributed by atoms with E-state index in [2.05, 4.69) is 23.7 Å². The van der Waals surface area contributed by atoms with Crippen LogP contribution in [0.2, 0.25) is 0 Å². The van der Waals surface area contributed by atoms with E-state index in [0.717, 1.165) is 5.56 Å². The fourth-order valence-electron chi connectivity index (χ4n) is 1.62. The number of carbonyl (C=O) groups excluding carboxylic acids is 1. The van der Waals surface area contributed by atoms with Gasteiger partial charge in [-0.05, 0) is 26.3 Å². The topological polar surface area (TPSA) is 29.5 Å². The monoisotopic (exact) mass is 269 g/mol. The van der Waals surface area contributed by atoms with Gasteiger partial charge >= 0.3 is 6.09 Å². The minimum absolute atomic E-state index is 0.344. The molecule has 0 heterocycles. The molecule has 0 bridgehead atoms. The Morgan fingerprint density at radius 2 is 1.95 bits per heavy atom. The van der Waals surface area contributed by atoms with Crippen LogP contribution in [0.5, 0.6) is 0 Å². The maximum Gasteiger partial charge on any atom is 0.412 e. The minimum Gasteiger partial charge on any atom is -0.433 e. The highest BCUT2D eigenvalue weighted by Gasteiger charge is 2.16. The third-order valence-corrected chi connectivity index (χ3v) is 2.55. The normalized spacial score (nSPS) is 10.3. The molecule has 0 fully saturated rings. The Morgan fingerprint density at radius 1 is 1.25 bits per heavy atom. The summed E-state index contributed by atoms with van der Waals surface area (Å²) in [5, 5.41) is 0. The molecule has 0 aliphatic carbocycles. The van der Waals surface area contributed by atoms with E-state index in [9.17, 15) is 4.79 Å². The van der Waals surface area contributed by atoms with Crippen molar-refractivity contribution in [2.75, 3.05) is 6.54 Å². The molecule has 1 rings (SSSR count). The van der Waals surface area contributed by atoms with Gasteiger partial charge in [0.2, 0.25) is 0 Å². The van der Waals surface area contributed by atoms with Crippen molar-refractivity contribution in [3.8, 4) is 23.7 Å². The first-order valence-corrected chi connectivity index (χ1v) is 6.48. The Balaban J connectivity index is 2.73. The number of carbonyl (C=O) groups is 1. The van der Waals surface area contributed by atoms with Gasteiger partial charge in [-0.15, -0.1) is 11.8 Å². The number of benzene rings is 1. The zero-order valence-corrected chi connectivity index (χ0v) is 12.1. The largest absolute Gasteiger partial charge is 0.433 e. The second kappa shape index (κ2) is 8.67. The molecule has 20 heavy (non-hydrogen) atoms. The molecule has 0 aliphatic rings. The second-order valence-corrected chi connectivity index (χ2v) is 4.19. The van der Waals surface area contributed by atoms with Gasteiger partial charge in [-0.3, -0.25) is 4.90 Å². The molecule has 1 aromatic carbocycles. The lowest BCUT2D eigenvalue weighted by Crippen LogP contribution is -2.33. The van der Waals surface area contributed by atoms with Crippen molar-refractivity contribution in [1.82, 2.24) is 4.90 Å². The average molecular weight is 269 g/mol. The summed E-state index contributed by atoms with van der Waals surface area (Å²) in [5.41, 5.74) is 1.04. The summed E-state index contributed by atoms with van der Waals surface area (Å²) in [6.07, 6.45) is -0.813. The van der Waals surface area contributed by atoms with Crippen molar-refractivity contribution in [1.29, 1.82) is 0 Å². The van der Waals surface area contributed by atoms with Crippen LogP contribution in [-0.2, 0) is 11.3 Å². The Morgan fingerprint density at radius 3 is 2.55 bits per heavy atom. The molecule has 0 N–H and O–H groups in total. The van der Waals surface area contributed by atoms with Crippen molar-refractivity contribution < 1.29 is 9.53 Å². The molecule has 104 valence electrons. The first kappa shape index (κ1) is 15.7. The molecule has 0 spiro atoms. The number of rotatable bonds is 4. The number of nitrogens with zero attached hydrogens (tertiary/aromatic N) is 1. The van der Waals surface area contributed by atoms with Gasteiger partial charge in [-0.25, -0.2) is 4.79 Å². The van der Waals surface area contributed by atoms with Crippen molar-refractivity contribution in [3.63, 3.8) is 0 Å². The molecule has 0 aromatic heterocycles. The van der Waals surface area contributed by atoms with Crippen LogP contribution >= 0.6 is 0 Å². The summed E-state index contributed by atoms with van der Waals surface area (Å²) in [6.45, 7) is 6.03. The number of hydrogen-bond acceptors (Lipinski definition) is 2. The van der Waals surface area contributed by atoms with E-state index < -0.39 is 12.2 Å². The number of amides is 1. The SMILES string of the molecule is CC#CCN(Cc1ccccc1)C(=O)O[C@H](C)C#CC. The fraction of sp³-hybridized carbons (Fsp3) is 0.353. The first-order chi connectivity index (χ1) is 9.67. The standard InChI is InChI=1S/C17H19NO2/c1-4-6-13-18(14-16-11-8-7-9-12-16)17(19)20-15(3)10-5-2/h7-9,11-12,15H,13-14H2,1-3H3/t15-/m1/s1. The lowest BCUT2D eigenvalue weighted by atomic mass is 10.2. The Kier molecular flexibility index (Phi) is 6.79. The third-order valence-electron chi connectivity index (χ3n) is 2.55. The smallest absolute Gasteiger partial charge is 0.412 e. The van der Waals surface area contributed by atoms with E-state index in [-0.39, 0.29) is 0 Å². The van der Waals surface area contributed by atoms with E-state index in [1.165, 1.54) is 0 Å². The van der Waals surface area contributed by atoms with Crippen molar-refractivity contribution in [3.05, 3.63) is 35.9 Å². The van der Waals surface area contributed by atoms with Gasteiger partial charge in [0.25, 0.3) is 0 Å². The molecular weight excluding hydrogens is 250 g/mol. The highest BCUT2D eigenvalue weighted by Crippen LogP contribution is 2.07. The third kappa shape index (κ3) is 5.50. The van der Waals surface area contributed by atoms with E-state index in [1.807, 2.05) is 30.3 Å². The molecule has 1 amide bonds. The quantitative estimate of drug-likeness (QED) is 0.786. The summed E-state index contributed by atoms with van der Waals surface area (Å²) in [6, 6.07) is 9.76. The molecule has 3 nitrogen and oxygen atoms in total. The summed E-state index contributed by atoms with van der Waals surface area (Å²) < 4.78 is 5.27. The summed E-state index contributed by atoms with van der Waals surface area (Å²) in [7, 11) is 0. The fourth-order valence-corrected chi connectivity index (χ4v) is 1.62. The Hall–Kier alpha value is -2.39. The predicted octanol–water partition coefficient (Wildman–Crippen LogP) is 3.06. The van der Waals surface area contributed by atoms with Gasteiger partial charge < -0.3 is 4.74 Å². The van der Waals surface area contributed by atoms with Gasteiger partial charge in [-0.2, -0.15) is 0 Å². The van der Waals surface area contributed by atoms with Crippen LogP contribution in [0.1, 0.15) is 26.3 Å². The Bertz CT molecular complexity index is 543. The molecule has 0 saturated carbocycles. The lowest BCUT2D eigenvalue weighted by Gasteiger charge is -2.21. The average Bonchev–Trinajstić information content (AvgIpc) is 2.44. The van der Waals surface area contributed by atoms with Gasteiger partial charge in [0.1, 0.15) is 0 Å². The highest BCUT2D eigenvalue weighted by atomic mass is 16.6. The van der Waals surface area contributed by atoms with Gasteiger partial charge in [-0.1, -0.05) is 42.2 Å². The van der Waals surface area contributed by atoms with Crippen LogP contribution in [0.3, 0.4) is 0 Å². The number of ether oxygens (including phenoxy) is 1.